The topological polar surface area (TPSA) is 45.9 Å². The van der Waals surface area contributed by atoms with Crippen LogP contribution in [0.1, 0.15) is 23.2 Å². The molecule has 0 bridgehead atoms. The van der Waals surface area contributed by atoms with E-state index in [1.165, 1.54) is 13.2 Å². The molecule has 15 heavy (non-hydrogen) atoms. The first kappa shape index (κ1) is 11.4. The maximum Gasteiger partial charge on any atom is 0.265 e. The van der Waals surface area contributed by atoms with E-state index < -0.39 is 6.43 Å². The van der Waals surface area contributed by atoms with Crippen molar-refractivity contribution >= 4 is 0 Å². The lowest BCUT2D eigenvalue weighted by molar-refractivity contribution is 0.149. The summed E-state index contributed by atoms with van der Waals surface area (Å²) in [6.45, 7) is 1.63. The van der Waals surface area contributed by atoms with Crippen LogP contribution in [0.15, 0.2) is 6.07 Å². The van der Waals surface area contributed by atoms with Crippen molar-refractivity contribution in [3.63, 3.8) is 0 Å². The fourth-order valence-electron chi connectivity index (χ4n) is 1.27. The molecule has 0 aromatic carbocycles. The van der Waals surface area contributed by atoms with Gasteiger partial charge in [-0.3, -0.25) is 0 Å². The van der Waals surface area contributed by atoms with Crippen molar-refractivity contribution in [1.82, 2.24) is 4.98 Å². The van der Waals surface area contributed by atoms with Gasteiger partial charge in [-0.25, -0.2) is 13.8 Å². The molecular formula is C10H10F2N2O. The lowest BCUT2D eigenvalue weighted by Gasteiger charge is -2.09. The molecule has 0 amide bonds. The maximum atomic E-state index is 12.6. The van der Waals surface area contributed by atoms with Gasteiger partial charge in [-0.05, 0) is 13.0 Å². The molecule has 1 heterocycles. The van der Waals surface area contributed by atoms with E-state index in [-0.39, 0.29) is 23.6 Å². The maximum absolute atomic E-state index is 12.6. The minimum Gasteiger partial charge on any atom is -0.481 e. The van der Waals surface area contributed by atoms with E-state index in [1.807, 2.05) is 0 Å². The molecule has 0 atom stereocenters. The molecule has 1 rings (SSSR count). The predicted octanol–water partition coefficient (Wildman–Crippen LogP) is 2.40. The summed E-state index contributed by atoms with van der Waals surface area (Å²) in [6, 6.07) is 3.11. The van der Waals surface area contributed by atoms with Gasteiger partial charge < -0.3 is 4.74 Å². The van der Waals surface area contributed by atoms with Crippen LogP contribution in [0.2, 0.25) is 0 Å². The van der Waals surface area contributed by atoms with Crippen LogP contribution < -0.4 is 4.74 Å². The molecule has 0 spiro atoms. The molecule has 1 aromatic heterocycles. The van der Waals surface area contributed by atoms with Gasteiger partial charge in [0, 0.05) is 11.1 Å². The number of hydrogen-bond donors (Lipinski definition) is 0. The third kappa shape index (κ3) is 2.40. The molecular weight excluding hydrogens is 202 g/mol. The van der Waals surface area contributed by atoms with Crippen LogP contribution in [0.25, 0.3) is 0 Å². The standard InChI is InChI=1S/C10H10F2N2O/c1-6-5-7(9(11)12)8(3-4-13)14-10(6)15-2/h5,9H,3H2,1-2H3. The summed E-state index contributed by atoms with van der Waals surface area (Å²) in [5.41, 5.74) is 0.416. The zero-order chi connectivity index (χ0) is 11.4. The van der Waals surface area contributed by atoms with Crippen LogP contribution in [0, 0.1) is 18.3 Å². The number of rotatable bonds is 3. The molecule has 1 aromatic rings. The molecule has 0 radical (unpaired) electrons. The van der Waals surface area contributed by atoms with Crippen molar-refractivity contribution in [3.05, 3.63) is 22.9 Å². The summed E-state index contributed by atoms with van der Waals surface area (Å²) >= 11 is 0. The van der Waals surface area contributed by atoms with Gasteiger partial charge in [0.15, 0.2) is 0 Å². The number of halogens is 2. The number of hydrogen-bond acceptors (Lipinski definition) is 3. The number of methoxy groups -OCH3 is 1. The molecule has 0 fully saturated rings. The first-order chi connectivity index (χ1) is 7.10. The highest BCUT2D eigenvalue weighted by Gasteiger charge is 2.16. The van der Waals surface area contributed by atoms with Gasteiger partial charge in [-0.2, -0.15) is 5.26 Å². The Kier molecular flexibility index (Phi) is 3.56. The Labute approximate surface area is 86.3 Å². The van der Waals surface area contributed by atoms with Gasteiger partial charge in [-0.1, -0.05) is 0 Å². The van der Waals surface area contributed by atoms with Gasteiger partial charge in [-0.15, -0.1) is 0 Å². The van der Waals surface area contributed by atoms with E-state index in [2.05, 4.69) is 4.98 Å². The number of nitrogens with zero attached hydrogens (tertiary/aromatic N) is 2. The van der Waals surface area contributed by atoms with Crippen LogP contribution in [-0.2, 0) is 6.42 Å². The van der Waals surface area contributed by atoms with Crippen molar-refractivity contribution in [2.24, 2.45) is 0 Å². The molecule has 0 aliphatic carbocycles. The lowest BCUT2D eigenvalue weighted by Crippen LogP contribution is -2.02. The second-order valence-corrected chi connectivity index (χ2v) is 2.99. The Bertz CT molecular complexity index is 399. The van der Waals surface area contributed by atoms with E-state index in [4.69, 9.17) is 10.00 Å². The highest BCUT2D eigenvalue weighted by Crippen LogP contribution is 2.27. The summed E-state index contributed by atoms with van der Waals surface area (Å²) in [5.74, 6) is 0.282. The van der Waals surface area contributed by atoms with E-state index in [1.54, 1.807) is 13.0 Å². The first-order valence-electron chi connectivity index (χ1n) is 4.29. The number of alkyl halides is 2. The van der Waals surface area contributed by atoms with E-state index in [0.717, 1.165) is 0 Å². The molecule has 0 saturated carbocycles. The van der Waals surface area contributed by atoms with Crippen LogP contribution >= 0.6 is 0 Å². The van der Waals surface area contributed by atoms with Crippen LogP contribution in [0.3, 0.4) is 0 Å². The van der Waals surface area contributed by atoms with Crippen LogP contribution in [0.5, 0.6) is 5.88 Å². The smallest absolute Gasteiger partial charge is 0.265 e. The first-order valence-corrected chi connectivity index (χ1v) is 4.29. The zero-order valence-corrected chi connectivity index (χ0v) is 8.42. The Hall–Kier alpha value is -1.70. The average molecular weight is 212 g/mol. The molecule has 0 N–H and O–H groups in total. The molecule has 80 valence electrons. The third-order valence-electron chi connectivity index (χ3n) is 1.95. The largest absolute Gasteiger partial charge is 0.481 e. The summed E-state index contributed by atoms with van der Waals surface area (Å²) < 4.78 is 30.1. The Morgan fingerprint density at radius 3 is 2.73 bits per heavy atom. The summed E-state index contributed by atoms with van der Waals surface area (Å²) in [5, 5.41) is 8.48. The molecule has 0 aliphatic heterocycles. The van der Waals surface area contributed by atoms with E-state index >= 15 is 0 Å². The SMILES string of the molecule is COc1nc(CC#N)c(C(F)F)cc1C. The normalized spacial score (nSPS) is 10.1. The highest BCUT2D eigenvalue weighted by atomic mass is 19.3. The Morgan fingerprint density at radius 1 is 1.60 bits per heavy atom. The number of aromatic nitrogens is 1. The highest BCUT2D eigenvalue weighted by molar-refractivity contribution is 5.35. The van der Waals surface area contributed by atoms with E-state index in [9.17, 15) is 8.78 Å². The molecule has 0 unspecified atom stereocenters. The Morgan fingerprint density at radius 2 is 2.27 bits per heavy atom. The zero-order valence-electron chi connectivity index (χ0n) is 8.42. The molecule has 0 saturated heterocycles. The number of pyridine rings is 1. The summed E-state index contributed by atoms with van der Waals surface area (Å²) in [6.07, 6.45) is -2.76. The number of ether oxygens (including phenoxy) is 1. The molecule has 3 nitrogen and oxygen atoms in total. The summed E-state index contributed by atoms with van der Waals surface area (Å²) in [4.78, 5) is 3.88. The lowest BCUT2D eigenvalue weighted by atomic mass is 10.1. The van der Waals surface area contributed by atoms with Gasteiger partial charge in [0.25, 0.3) is 6.43 Å². The van der Waals surface area contributed by atoms with Crippen molar-refractivity contribution < 1.29 is 13.5 Å². The van der Waals surface area contributed by atoms with Crippen LogP contribution in [0.4, 0.5) is 8.78 Å². The van der Waals surface area contributed by atoms with Crippen molar-refractivity contribution in [2.45, 2.75) is 19.8 Å². The fourth-order valence-corrected chi connectivity index (χ4v) is 1.27. The van der Waals surface area contributed by atoms with Crippen LogP contribution in [-0.4, -0.2) is 12.1 Å². The molecule has 0 aliphatic rings. The van der Waals surface area contributed by atoms with Gasteiger partial charge in [0.2, 0.25) is 5.88 Å². The van der Waals surface area contributed by atoms with Crippen molar-refractivity contribution in [2.75, 3.05) is 7.11 Å². The van der Waals surface area contributed by atoms with Gasteiger partial charge >= 0.3 is 0 Å². The van der Waals surface area contributed by atoms with E-state index in [0.29, 0.717) is 5.56 Å². The quantitative estimate of drug-likeness (QED) is 0.772. The monoisotopic (exact) mass is 212 g/mol. The number of nitriles is 1. The third-order valence-corrected chi connectivity index (χ3v) is 1.95. The average Bonchev–Trinajstić information content (AvgIpc) is 2.20. The minimum atomic E-state index is -2.62. The van der Waals surface area contributed by atoms with Gasteiger partial charge in [0.1, 0.15) is 0 Å². The predicted molar refractivity (Wildman–Crippen MR) is 49.8 cm³/mol. The Balaban J connectivity index is 3.26. The summed E-state index contributed by atoms with van der Waals surface area (Å²) in [7, 11) is 1.41. The second-order valence-electron chi connectivity index (χ2n) is 2.99. The second kappa shape index (κ2) is 4.69. The van der Waals surface area contributed by atoms with Crippen molar-refractivity contribution in [1.29, 1.82) is 5.26 Å². The number of aryl methyl sites for hydroxylation is 1. The molecule has 5 heteroatoms. The van der Waals surface area contributed by atoms with Gasteiger partial charge in [0.05, 0.1) is 25.3 Å². The van der Waals surface area contributed by atoms with Crippen molar-refractivity contribution in [3.8, 4) is 11.9 Å². The minimum absolute atomic E-state index is 0.0787. The fraction of sp³-hybridized carbons (Fsp3) is 0.400.